The summed E-state index contributed by atoms with van der Waals surface area (Å²) in [4.78, 5) is 0. The van der Waals surface area contributed by atoms with Crippen LogP contribution in [0.2, 0.25) is 0 Å². The van der Waals surface area contributed by atoms with Crippen LogP contribution >= 0.6 is 15.9 Å². The topological polar surface area (TPSA) is 0 Å². The Bertz CT molecular complexity index is 148. The molecule has 1 fully saturated rings. The standard InChI is InChI=1S/C15H29Br/c1-2-3-4-5-6-7-8-14-9-11-15(13-16)12-10-14/h14-15H,2-13H2,1H3. The molecule has 0 saturated heterocycles. The lowest BCUT2D eigenvalue weighted by atomic mass is 9.80. The van der Waals surface area contributed by atoms with Gasteiger partial charge >= 0.3 is 0 Å². The highest BCUT2D eigenvalue weighted by atomic mass is 79.9. The van der Waals surface area contributed by atoms with E-state index in [4.69, 9.17) is 0 Å². The summed E-state index contributed by atoms with van der Waals surface area (Å²) in [7, 11) is 0. The Hall–Kier alpha value is 0.480. The molecular formula is C15H29Br. The Kier molecular flexibility index (Phi) is 8.64. The molecule has 96 valence electrons. The number of hydrogen-bond acceptors (Lipinski definition) is 0. The molecule has 0 spiro atoms. The molecule has 1 aliphatic carbocycles. The summed E-state index contributed by atoms with van der Waals surface area (Å²) >= 11 is 3.62. The minimum absolute atomic E-state index is 0.987. The van der Waals surface area contributed by atoms with Crippen molar-refractivity contribution in [1.29, 1.82) is 0 Å². The lowest BCUT2D eigenvalue weighted by Crippen LogP contribution is -2.15. The van der Waals surface area contributed by atoms with Gasteiger partial charge in [-0.25, -0.2) is 0 Å². The summed E-state index contributed by atoms with van der Waals surface area (Å²) in [5.41, 5.74) is 0. The monoisotopic (exact) mass is 288 g/mol. The summed E-state index contributed by atoms with van der Waals surface area (Å²) in [5, 5.41) is 1.23. The maximum Gasteiger partial charge on any atom is 0.00596 e. The molecule has 0 nitrogen and oxygen atoms in total. The van der Waals surface area contributed by atoms with Gasteiger partial charge in [0.05, 0.1) is 0 Å². The van der Waals surface area contributed by atoms with Crippen molar-refractivity contribution in [3.8, 4) is 0 Å². The average Bonchev–Trinajstić information content (AvgIpc) is 2.34. The van der Waals surface area contributed by atoms with E-state index in [1.165, 1.54) is 76.0 Å². The molecule has 16 heavy (non-hydrogen) atoms. The third-order valence-corrected chi connectivity index (χ3v) is 5.07. The van der Waals surface area contributed by atoms with Crippen molar-refractivity contribution in [1.82, 2.24) is 0 Å². The highest BCUT2D eigenvalue weighted by Gasteiger charge is 2.19. The van der Waals surface area contributed by atoms with Crippen molar-refractivity contribution in [2.45, 2.75) is 77.6 Å². The highest BCUT2D eigenvalue weighted by Crippen LogP contribution is 2.32. The van der Waals surface area contributed by atoms with Crippen LogP contribution in [0.1, 0.15) is 77.6 Å². The molecule has 0 radical (unpaired) electrons. The molecular weight excluding hydrogens is 260 g/mol. The van der Waals surface area contributed by atoms with Crippen molar-refractivity contribution < 1.29 is 0 Å². The Morgan fingerprint density at radius 3 is 2.00 bits per heavy atom. The van der Waals surface area contributed by atoms with Gasteiger partial charge in [-0.15, -0.1) is 0 Å². The van der Waals surface area contributed by atoms with Gasteiger partial charge in [0, 0.05) is 5.33 Å². The Morgan fingerprint density at radius 1 is 0.812 bits per heavy atom. The summed E-state index contributed by atoms with van der Waals surface area (Å²) < 4.78 is 0. The first-order valence-electron chi connectivity index (χ1n) is 7.42. The maximum absolute atomic E-state index is 3.62. The molecule has 0 heterocycles. The number of rotatable bonds is 8. The van der Waals surface area contributed by atoms with E-state index < -0.39 is 0 Å². The van der Waals surface area contributed by atoms with E-state index in [2.05, 4.69) is 22.9 Å². The number of unbranched alkanes of at least 4 members (excludes halogenated alkanes) is 5. The predicted molar refractivity (Wildman–Crippen MR) is 77.2 cm³/mol. The smallest absolute Gasteiger partial charge is 0.00596 e. The fourth-order valence-corrected chi connectivity index (χ4v) is 3.54. The zero-order chi connectivity index (χ0) is 11.6. The van der Waals surface area contributed by atoms with Gasteiger partial charge in [-0.3, -0.25) is 0 Å². The van der Waals surface area contributed by atoms with Gasteiger partial charge in [0.25, 0.3) is 0 Å². The summed E-state index contributed by atoms with van der Waals surface area (Å²) in [6.45, 7) is 2.29. The van der Waals surface area contributed by atoms with Crippen LogP contribution in [0.4, 0.5) is 0 Å². The van der Waals surface area contributed by atoms with Gasteiger partial charge in [-0.05, 0) is 24.7 Å². The molecule has 1 aliphatic rings. The van der Waals surface area contributed by atoms with E-state index in [0.29, 0.717) is 0 Å². The molecule has 0 bridgehead atoms. The quantitative estimate of drug-likeness (QED) is 0.383. The Morgan fingerprint density at radius 2 is 1.38 bits per heavy atom. The minimum atomic E-state index is 0.987. The predicted octanol–water partition coefficient (Wildman–Crippen LogP) is 5.94. The average molecular weight is 289 g/mol. The number of halogens is 1. The summed E-state index contributed by atoms with van der Waals surface area (Å²) in [5.74, 6) is 2.06. The van der Waals surface area contributed by atoms with E-state index in [1.54, 1.807) is 0 Å². The summed E-state index contributed by atoms with van der Waals surface area (Å²) in [6, 6.07) is 0. The van der Waals surface area contributed by atoms with Crippen LogP contribution in [0.3, 0.4) is 0 Å². The lowest BCUT2D eigenvalue weighted by molar-refractivity contribution is 0.275. The second-order valence-electron chi connectivity index (χ2n) is 5.60. The van der Waals surface area contributed by atoms with Crippen molar-refractivity contribution in [2.24, 2.45) is 11.8 Å². The first-order chi connectivity index (χ1) is 7.86. The van der Waals surface area contributed by atoms with Gasteiger partial charge < -0.3 is 0 Å². The summed E-state index contributed by atoms with van der Waals surface area (Å²) in [6.07, 6.45) is 16.2. The van der Waals surface area contributed by atoms with Crippen LogP contribution in [0, 0.1) is 11.8 Å². The highest BCUT2D eigenvalue weighted by molar-refractivity contribution is 9.09. The van der Waals surface area contributed by atoms with Crippen molar-refractivity contribution in [2.75, 3.05) is 5.33 Å². The molecule has 0 aliphatic heterocycles. The molecule has 0 N–H and O–H groups in total. The molecule has 0 aromatic rings. The van der Waals surface area contributed by atoms with Crippen molar-refractivity contribution >= 4 is 15.9 Å². The minimum Gasteiger partial charge on any atom is -0.0925 e. The fourth-order valence-electron chi connectivity index (χ4n) is 2.89. The molecule has 1 heteroatoms. The SMILES string of the molecule is CCCCCCCCC1CCC(CBr)CC1. The Balaban J connectivity index is 1.90. The van der Waals surface area contributed by atoms with Gasteiger partial charge in [0.2, 0.25) is 0 Å². The molecule has 0 aromatic carbocycles. The van der Waals surface area contributed by atoms with Gasteiger partial charge in [-0.1, -0.05) is 80.6 Å². The molecule has 0 unspecified atom stereocenters. The van der Waals surface area contributed by atoms with Crippen LogP contribution < -0.4 is 0 Å². The van der Waals surface area contributed by atoms with Crippen LogP contribution in [0.15, 0.2) is 0 Å². The van der Waals surface area contributed by atoms with E-state index in [0.717, 1.165) is 11.8 Å². The zero-order valence-corrected chi connectivity index (χ0v) is 12.6. The molecule has 1 saturated carbocycles. The van der Waals surface area contributed by atoms with Crippen LogP contribution in [0.5, 0.6) is 0 Å². The van der Waals surface area contributed by atoms with Crippen LogP contribution in [-0.2, 0) is 0 Å². The third-order valence-electron chi connectivity index (χ3n) is 4.15. The van der Waals surface area contributed by atoms with Gasteiger partial charge in [0.15, 0.2) is 0 Å². The fraction of sp³-hybridized carbons (Fsp3) is 1.00. The normalized spacial score (nSPS) is 25.9. The molecule has 0 atom stereocenters. The molecule has 0 aromatic heterocycles. The first-order valence-corrected chi connectivity index (χ1v) is 8.55. The van der Waals surface area contributed by atoms with E-state index in [9.17, 15) is 0 Å². The van der Waals surface area contributed by atoms with E-state index >= 15 is 0 Å². The van der Waals surface area contributed by atoms with Gasteiger partial charge in [0.1, 0.15) is 0 Å². The zero-order valence-electron chi connectivity index (χ0n) is 11.0. The third kappa shape index (κ3) is 6.27. The van der Waals surface area contributed by atoms with Crippen molar-refractivity contribution in [3.63, 3.8) is 0 Å². The van der Waals surface area contributed by atoms with Crippen LogP contribution in [-0.4, -0.2) is 5.33 Å². The first kappa shape index (κ1) is 14.5. The number of alkyl halides is 1. The lowest BCUT2D eigenvalue weighted by Gasteiger charge is -2.27. The number of hydrogen-bond donors (Lipinski definition) is 0. The van der Waals surface area contributed by atoms with Gasteiger partial charge in [-0.2, -0.15) is 0 Å². The molecule has 0 amide bonds. The van der Waals surface area contributed by atoms with E-state index in [1.807, 2.05) is 0 Å². The Labute approximate surface area is 111 Å². The maximum atomic E-state index is 3.62. The molecule has 1 rings (SSSR count). The largest absolute Gasteiger partial charge is 0.0925 e. The second kappa shape index (κ2) is 9.50. The van der Waals surface area contributed by atoms with E-state index in [-0.39, 0.29) is 0 Å². The second-order valence-corrected chi connectivity index (χ2v) is 6.24. The van der Waals surface area contributed by atoms with Crippen LogP contribution in [0.25, 0.3) is 0 Å². The van der Waals surface area contributed by atoms with Crippen molar-refractivity contribution in [3.05, 3.63) is 0 Å².